The van der Waals surface area contributed by atoms with Crippen molar-refractivity contribution >= 4 is 21.5 Å². The first-order valence-electron chi connectivity index (χ1n) is 7.84. The van der Waals surface area contributed by atoms with Crippen LogP contribution in [0.15, 0.2) is 76.1 Å². The summed E-state index contributed by atoms with van der Waals surface area (Å²) < 4.78 is 11.0. The monoisotopic (exact) mass is 316 g/mol. The van der Waals surface area contributed by atoms with Crippen LogP contribution in [0.3, 0.4) is 0 Å². The lowest BCUT2D eigenvalue weighted by Gasteiger charge is -2.10. The first kappa shape index (κ1) is 14.5. The third-order valence-electron chi connectivity index (χ3n) is 4.25. The van der Waals surface area contributed by atoms with Gasteiger partial charge in [-0.2, -0.15) is 0 Å². The molecule has 0 aliphatic carbocycles. The summed E-state index contributed by atoms with van der Waals surface area (Å²) in [5, 5.41) is 3.80. The standard InChI is InChI=1S/C21H16O3/c1-14-12-24-21(22)20-11-17(9-10-18(14)20)23-13-16-7-4-6-15-5-2-3-8-19(15)16/h2-12H,13H2,1H3. The van der Waals surface area contributed by atoms with E-state index in [1.165, 1.54) is 17.0 Å². The van der Waals surface area contributed by atoms with Crippen molar-refractivity contribution in [1.29, 1.82) is 0 Å². The van der Waals surface area contributed by atoms with Gasteiger partial charge in [0.25, 0.3) is 0 Å². The smallest absolute Gasteiger partial charge is 0.343 e. The van der Waals surface area contributed by atoms with Crippen molar-refractivity contribution in [3.63, 3.8) is 0 Å². The van der Waals surface area contributed by atoms with E-state index in [9.17, 15) is 4.79 Å². The summed E-state index contributed by atoms with van der Waals surface area (Å²) in [6.07, 6.45) is 1.49. The van der Waals surface area contributed by atoms with E-state index in [4.69, 9.17) is 9.15 Å². The molecule has 0 atom stereocenters. The minimum Gasteiger partial charge on any atom is -0.489 e. The van der Waals surface area contributed by atoms with Crippen LogP contribution >= 0.6 is 0 Å². The van der Waals surface area contributed by atoms with Crippen LogP contribution in [0, 0.1) is 6.92 Å². The zero-order valence-electron chi connectivity index (χ0n) is 13.3. The highest BCUT2D eigenvalue weighted by atomic mass is 16.5. The zero-order chi connectivity index (χ0) is 16.5. The maximum Gasteiger partial charge on any atom is 0.343 e. The van der Waals surface area contributed by atoms with Crippen molar-refractivity contribution in [2.45, 2.75) is 13.5 Å². The largest absolute Gasteiger partial charge is 0.489 e. The van der Waals surface area contributed by atoms with Crippen LogP contribution in [0.2, 0.25) is 0 Å². The first-order valence-corrected chi connectivity index (χ1v) is 7.84. The summed E-state index contributed by atoms with van der Waals surface area (Å²) in [4.78, 5) is 11.9. The van der Waals surface area contributed by atoms with Crippen molar-refractivity contribution in [2.75, 3.05) is 0 Å². The Labute approximate surface area is 139 Å². The van der Waals surface area contributed by atoms with Crippen molar-refractivity contribution in [2.24, 2.45) is 0 Å². The van der Waals surface area contributed by atoms with Gasteiger partial charge in [0.2, 0.25) is 0 Å². The van der Waals surface area contributed by atoms with Gasteiger partial charge < -0.3 is 9.15 Å². The molecule has 24 heavy (non-hydrogen) atoms. The third kappa shape index (κ3) is 2.54. The maximum absolute atomic E-state index is 11.9. The van der Waals surface area contributed by atoms with E-state index < -0.39 is 0 Å². The Morgan fingerprint density at radius 3 is 2.67 bits per heavy atom. The van der Waals surface area contributed by atoms with Gasteiger partial charge in [-0.25, -0.2) is 4.79 Å². The molecule has 0 spiro atoms. The number of benzene rings is 3. The maximum atomic E-state index is 11.9. The normalized spacial score (nSPS) is 11.0. The minimum absolute atomic E-state index is 0.341. The van der Waals surface area contributed by atoms with Gasteiger partial charge >= 0.3 is 5.63 Å². The molecular weight excluding hydrogens is 300 g/mol. The van der Waals surface area contributed by atoms with Gasteiger partial charge in [0.15, 0.2) is 0 Å². The molecule has 118 valence electrons. The summed E-state index contributed by atoms with van der Waals surface area (Å²) >= 11 is 0. The average molecular weight is 316 g/mol. The van der Waals surface area contributed by atoms with Gasteiger partial charge in [-0.05, 0) is 46.3 Å². The summed E-state index contributed by atoms with van der Waals surface area (Å²) in [5.74, 6) is 0.660. The molecule has 3 heteroatoms. The molecular formula is C21H16O3. The second-order valence-corrected chi connectivity index (χ2v) is 5.84. The number of hydrogen-bond donors (Lipinski definition) is 0. The number of hydrogen-bond acceptors (Lipinski definition) is 3. The average Bonchev–Trinajstić information content (AvgIpc) is 2.63. The molecule has 4 aromatic rings. The predicted molar refractivity (Wildman–Crippen MR) is 95.5 cm³/mol. The number of fused-ring (bicyclic) bond motifs is 2. The highest BCUT2D eigenvalue weighted by Gasteiger charge is 2.06. The Morgan fingerprint density at radius 2 is 1.75 bits per heavy atom. The molecule has 0 aliphatic heterocycles. The molecule has 1 aromatic heterocycles. The van der Waals surface area contributed by atoms with E-state index in [1.807, 2.05) is 37.3 Å². The lowest BCUT2D eigenvalue weighted by atomic mass is 10.1. The Bertz CT molecular complexity index is 1090. The molecule has 0 unspecified atom stereocenters. The highest BCUT2D eigenvalue weighted by molar-refractivity contribution is 5.86. The topological polar surface area (TPSA) is 39.4 Å². The second-order valence-electron chi connectivity index (χ2n) is 5.84. The fraction of sp³-hybridized carbons (Fsp3) is 0.0952. The van der Waals surface area contributed by atoms with Gasteiger partial charge in [0, 0.05) is 0 Å². The van der Waals surface area contributed by atoms with E-state index in [0.29, 0.717) is 17.7 Å². The minimum atomic E-state index is -0.341. The Hall–Kier alpha value is -3.07. The molecule has 4 rings (SSSR count). The summed E-state index contributed by atoms with van der Waals surface area (Å²) in [6.45, 7) is 2.37. The van der Waals surface area contributed by atoms with Crippen LogP contribution in [0.4, 0.5) is 0 Å². The first-order chi connectivity index (χ1) is 11.7. The fourth-order valence-electron chi connectivity index (χ4n) is 2.97. The summed E-state index contributed by atoms with van der Waals surface area (Å²) in [6, 6.07) is 19.9. The highest BCUT2D eigenvalue weighted by Crippen LogP contribution is 2.24. The van der Waals surface area contributed by atoms with Crippen LogP contribution in [0.5, 0.6) is 5.75 Å². The SMILES string of the molecule is Cc1coc(=O)c2cc(OCc3cccc4ccccc34)ccc12. The van der Waals surface area contributed by atoms with E-state index in [-0.39, 0.29) is 5.63 Å². The molecule has 0 saturated heterocycles. The third-order valence-corrected chi connectivity index (χ3v) is 4.25. The molecule has 0 fully saturated rings. The van der Waals surface area contributed by atoms with E-state index in [1.54, 1.807) is 6.07 Å². The van der Waals surface area contributed by atoms with E-state index >= 15 is 0 Å². The van der Waals surface area contributed by atoms with Crippen LogP contribution in [-0.4, -0.2) is 0 Å². The van der Waals surface area contributed by atoms with Crippen LogP contribution < -0.4 is 10.4 Å². The molecule has 0 amide bonds. The van der Waals surface area contributed by atoms with E-state index in [2.05, 4.69) is 24.3 Å². The molecule has 0 N–H and O–H groups in total. The lowest BCUT2D eigenvalue weighted by Crippen LogP contribution is -2.01. The molecule has 0 saturated carbocycles. The molecule has 0 aliphatic rings. The Balaban J connectivity index is 1.67. The van der Waals surface area contributed by atoms with Gasteiger partial charge in [-0.1, -0.05) is 48.5 Å². The van der Waals surface area contributed by atoms with Crippen molar-refractivity contribution in [3.8, 4) is 5.75 Å². The van der Waals surface area contributed by atoms with Gasteiger partial charge in [0.05, 0.1) is 11.6 Å². The molecule has 0 radical (unpaired) electrons. The summed E-state index contributed by atoms with van der Waals surface area (Å²) in [7, 11) is 0. The molecule has 3 aromatic carbocycles. The van der Waals surface area contributed by atoms with Crippen LogP contribution in [0.1, 0.15) is 11.1 Å². The summed E-state index contributed by atoms with van der Waals surface area (Å²) in [5.41, 5.74) is 1.71. The van der Waals surface area contributed by atoms with Gasteiger partial charge in [-0.15, -0.1) is 0 Å². The predicted octanol–water partition coefficient (Wildman–Crippen LogP) is 4.83. The van der Waals surface area contributed by atoms with Crippen molar-refractivity contribution in [3.05, 3.63) is 88.5 Å². The quantitative estimate of drug-likeness (QED) is 0.543. The zero-order valence-corrected chi connectivity index (χ0v) is 13.3. The fourth-order valence-corrected chi connectivity index (χ4v) is 2.97. The van der Waals surface area contributed by atoms with Crippen molar-refractivity contribution in [1.82, 2.24) is 0 Å². The van der Waals surface area contributed by atoms with E-state index in [0.717, 1.165) is 16.5 Å². The molecule has 1 heterocycles. The molecule has 0 bridgehead atoms. The second kappa shape index (κ2) is 5.85. The van der Waals surface area contributed by atoms with Crippen molar-refractivity contribution < 1.29 is 9.15 Å². The number of rotatable bonds is 3. The van der Waals surface area contributed by atoms with Gasteiger partial charge in [-0.3, -0.25) is 0 Å². The lowest BCUT2D eigenvalue weighted by molar-refractivity contribution is 0.308. The Morgan fingerprint density at radius 1 is 0.917 bits per heavy atom. The van der Waals surface area contributed by atoms with Crippen LogP contribution in [0.25, 0.3) is 21.5 Å². The van der Waals surface area contributed by atoms with Crippen LogP contribution in [-0.2, 0) is 6.61 Å². The Kier molecular flexibility index (Phi) is 3.54. The number of aryl methyl sites for hydroxylation is 1. The van der Waals surface area contributed by atoms with Gasteiger partial charge in [0.1, 0.15) is 12.4 Å². The molecule has 3 nitrogen and oxygen atoms in total. The number of ether oxygens (including phenoxy) is 1.